The Balaban J connectivity index is 1.66. The van der Waals surface area contributed by atoms with E-state index in [2.05, 4.69) is 20.5 Å². The van der Waals surface area contributed by atoms with Crippen LogP contribution in [0.15, 0.2) is 42.6 Å². The molecule has 2 N–H and O–H groups in total. The molecule has 1 aliphatic heterocycles. The predicted molar refractivity (Wildman–Crippen MR) is 99.6 cm³/mol. The molecule has 0 radical (unpaired) electrons. The van der Waals surface area contributed by atoms with E-state index < -0.39 is 12.0 Å². The summed E-state index contributed by atoms with van der Waals surface area (Å²) in [5, 5.41) is 5.79. The molecule has 1 saturated heterocycles. The number of halogens is 1. The summed E-state index contributed by atoms with van der Waals surface area (Å²) in [6.45, 7) is 1.60. The Kier molecular flexibility index (Phi) is 5.70. The van der Waals surface area contributed by atoms with Gasteiger partial charge in [0.05, 0.1) is 16.3 Å². The number of likely N-dealkylation sites (N-methyl/N-ethyl adjacent to an activating group) is 1. The highest BCUT2D eigenvalue weighted by atomic mass is 35.5. The minimum Gasteiger partial charge on any atom is -0.445 e. The Morgan fingerprint density at radius 1 is 1.23 bits per heavy atom. The first-order valence-corrected chi connectivity index (χ1v) is 8.57. The lowest BCUT2D eigenvalue weighted by atomic mass is 10.1. The minimum absolute atomic E-state index is 0.140. The van der Waals surface area contributed by atoms with E-state index in [1.807, 2.05) is 7.05 Å². The van der Waals surface area contributed by atoms with Crippen LogP contribution in [0, 0.1) is 0 Å². The summed E-state index contributed by atoms with van der Waals surface area (Å²) >= 11 is 5.79. The summed E-state index contributed by atoms with van der Waals surface area (Å²) in [6.07, 6.45) is 1.53. The van der Waals surface area contributed by atoms with Gasteiger partial charge in [-0.3, -0.25) is 10.1 Å². The first-order chi connectivity index (χ1) is 12.5. The number of nitrogens with zero attached hydrogens (tertiary/aromatic N) is 2. The fourth-order valence-corrected chi connectivity index (χ4v) is 2.82. The van der Waals surface area contributed by atoms with E-state index in [9.17, 15) is 9.59 Å². The molecular weight excluding hydrogens is 356 g/mol. The summed E-state index contributed by atoms with van der Waals surface area (Å²) in [6, 6.07) is 9.94. The number of likely N-dealkylation sites (tertiary alicyclic amines) is 1. The standard InChI is InChI=1S/C18H19ClN4O3/c1-23-9-8-13(11-23)26-18(25)21-15-5-3-2-4-14(15)17(24)22-16-7-6-12(19)10-20-16/h2-7,10,13H,8-9,11H2,1H3,(H,21,25)(H,20,22,24). The number of ether oxygens (including phenoxy) is 1. The Labute approximate surface area is 156 Å². The number of pyridine rings is 1. The van der Waals surface area contributed by atoms with E-state index >= 15 is 0 Å². The summed E-state index contributed by atoms with van der Waals surface area (Å²) < 4.78 is 5.40. The number of nitrogens with one attached hydrogen (secondary N) is 2. The molecule has 7 nitrogen and oxygen atoms in total. The van der Waals surface area contributed by atoms with Crippen LogP contribution >= 0.6 is 11.6 Å². The molecule has 2 amide bonds. The molecule has 26 heavy (non-hydrogen) atoms. The highest BCUT2D eigenvalue weighted by Gasteiger charge is 2.23. The Bertz CT molecular complexity index is 797. The number of hydrogen-bond acceptors (Lipinski definition) is 5. The zero-order chi connectivity index (χ0) is 18.5. The molecule has 1 aromatic carbocycles. The molecule has 0 aliphatic carbocycles. The van der Waals surface area contributed by atoms with Crippen LogP contribution in [-0.2, 0) is 4.74 Å². The van der Waals surface area contributed by atoms with Crippen molar-refractivity contribution >= 4 is 35.1 Å². The molecule has 0 spiro atoms. The van der Waals surface area contributed by atoms with Crippen LogP contribution in [-0.4, -0.2) is 48.1 Å². The van der Waals surface area contributed by atoms with Gasteiger partial charge in [-0.15, -0.1) is 0 Å². The number of amides is 2. The zero-order valence-electron chi connectivity index (χ0n) is 14.2. The average Bonchev–Trinajstić information content (AvgIpc) is 3.02. The average molecular weight is 375 g/mol. The fourth-order valence-electron chi connectivity index (χ4n) is 2.71. The van der Waals surface area contributed by atoms with Crippen LogP contribution < -0.4 is 10.6 Å². The topological polar surface area (TPSA) is 83.6 Å². The van der Waals surface area contributed by atoms with Gasteiger partial charge >= 0.3 is 6.09 Å². The van der Waals surface area contributed by atoms with Crippen LogP contribution in [0.4, 0.5) is 16.3 Å². The number of carbonyl (C=O) groups excluding carboxylic acids is 2. The molecular formula is C18H19ClN4O3. The molecule has 1 aliphatic rings. The van der Waals surface area contributed by atoms with Crippen LogP contribution in [0.5, 0.6) is 0 Å². The largest absolute Gasteiger partial charge is 0.445 e. The Morgan fingerprint density at radius 2 is 2.04 bits per heavy atom. The maximum absolute atomic E-state index is 12.5. The summed E-state index contributed by atoms with van der Waals surface area (Å²) in [4.78, 5) is 30.8. The fraction of sp³-hybridized carbons (Fsp3) is 0.278. The second kappa shape index (κ2) is 8.16. The highest BCUT2D eigenvalue weighted by molar-refractivity contribution is 6.30. The van der Waals surface area contributed by atoms with Crippen molar-refractivity contribution in [1.29, 1.82) is 0 Å². The van der Waals surface area contributed by atoms with Crippen molar-refractivity contribution in [3.05, 3.63) is 53.2 Å². The third kappa shape index (κ3) is 4.71. The second-order valence-electron chi connectivity index (χ2n) is 6.06. The number of rotatable bonds is 4. The molecule has 8 heteroatoms. The summed E-state index contributed by atoms with van der Waals surface area (Å²) in [7, 11) is 1.98. The van der Waals surface area contributed by atoms with E-state index in [4.69, 9.17) is 16.3 Å². The van der Waals surface area contributed by atoms with Crippen molar-refractivity contribution in [2.45, 2.75) is 12.5 Å². The van der Waals surface area contributed by atoms with Gasteiger partial charge in [-0.1, -0.05) is 23.7 Å². The monoisotopic (exact) mass is 374 g/mol. The van der Waals surface area contributed by atoms with E-state index in [1.165, 1.54) is 6.20 Å². The van der Waals surface area contributed by atoms with Crippen molar-refractivity contribution in [3.63, 3.8) is 0 Å². The third-order valence-electron chi connectivity index (χ3n) is 4.00. The Hall–Kier alpha value is -2.64. The number of aromatic nitrogens is 1. The van der Waals surface area contributed by atoms with Gasteiger partial charge in [-0.05, 0) is 37.7 Å². The van der Waals surface area contributed by atoms with Gasteiger partial charge in [-0.2, -0.15) is 0 Å². The predicted octanol–water partition coefficient (Wildman–Crippen LogP) is 3.24. The van der Waals surface area contributed by atoms with Gasteiger partial charge in [0.25, 0.3) is 5.91 Å². The smallest absolute Gasteiger partial charge is 0.411 e. The molecule has 2 aromatic rings. The number of para-hydroxylation sites is 1. The van der Waals surface area contributed by atoms with E-state index in [1.54, 1.807) is 36.4 Å². The lowest BCUT2D eigenvalue weighted by Crippen LogP contribution is -2.26. The van der Waals surface area contributed by atoms with Gasteiger partial charge < -0.3 is 15.0 Å². The van der Waals surface area contributed by atoms with Crippen LogP contribution in [0.3, 0.4) is 0 Å². The third-order valence-corrected chi connectivity index (χ3v) is 4.22. The first kappa shape index (κ1) is 18.2. The van der Waals surface area contributed by atoms with Gasteiger partial charge in [0.2, 0.25) is 0 Å². The lowest BCUT2D eigenvalue weighted by molar-refractivity contribution is 0.102. The molecule has 136 valence electrons. The van der Waals surface area contributed by atoms with Crippen molar-refractivity contribution < 1.29 is 14.3 Å². The summed E-state index contributed by atoms with van der Waals surface area (Å²) in [5.41, 5.74) is 0.681. The molecule has 1 fully saturated rings. The van der Waals surface area contributed by atoms with Gasteiger partial charge in [0, 0.05) is 19.3 Å². The van der Waals surface area contributed by atoms with Crippen molar-refractivity contribution in [2.24, 2.45) is 0 Å². The number of benzene rings is 1. The van der Waals surface area contributed by atoms with E-state index in [-0.39, 0.29) is 6.10 Å². The van der Waals surface area contributed by atoms with Gasteiger partial charge in [-0.25, -0.2) is 9.78 Å². The highest BCUT2D eigenvalue weighted by Crippen LogP contribution is 2.19. The van der Waals surface area contributed by atoms with Crippen molar-refractivity contribution in [1.82, 2.24) is 9.88 Å². The maximum Gasteiger partial charge on any atom is 0.411 e. The number of anilines is 2. The van der Waals surface area contributed by atoms with Crippen LogP contribution in [0.2, 0.25) is 5.02 Å². The summed E-state index contributed by atoms with van der Waals surface area (Å²) in [5.74, 6) is -0.0258. The Morgan fingerprint density at radius 3 is 2.73 bits per heavy atom. The SMILES string of the molecule is CN1CCC(OC(=O)Nc2ccccc2C(=O)Nc2ccc(Cl)cn2)C1. The lowest BCUT2D eigenvalue weighted by Gasteiger charge is -2.15. The molecule has 0 bridgehead atoms. The quantitative estimate of drug-likeness (QED) is 0.858. The van der Waals surface area contributed by atoms with Gasteiger partial charge in [0.1, 0.15) is 11.9 Å². The molecule has 1 atom stereocenters. The normalized spacial score (nSPS) is 16.9. The minimum atomic E-state index is -0.574. The first-order valence-electron chi connectivity index (χ1n) is 8.19. The van der Waals surface area contributed by atoms with E-state index in [0.29, 0.717) is 28.6 Å². The van der Waals surface area contributed by atoms with Crippen molar-refractivity contribution in [3.8, 4) is 0 Å². The second-order valence-corrected chi connectivity index (χ2v) is 6.50. The number of hydrogen-bond donors (Lipinski definition) is 2. The molecule has 1 aromatic heterocycles. The van der Waals surface area contributed by atoms with Crippen LogP contribution in [0.1, 0.15) is 16.8 Å². The number of carbonyl (C=O) groups is 2. The molecule has 2 heterocycles. The van der Waals surface area contributed by atoms with Crippen molar-refractivity contribution in [2.75, 3.05) is 30.8 Å². The maximum atomic E-state index is 12.5. The zero-order valence-corrected chi connectivity index (χ0v) is 15.0. The molecule has 1 unspecified atom stereocenters. The molecule has 3 rings (SSSR count). The van der Waals surface area contributed by atoms with Gasteiger partial charge in [0.15, 0.2) is 0 Å². The molecule has 0 saturated carbocycles. The van der Waals surface area contributed by atoms with Crippen LogP contribution in [0.25, 0.3) is 0 Å². The van der Waals surface area contributed by atoms with E-state index in [0.717, 1.165) is 13.0 Å².